The van der Waals surface area contributed by atoms with Gasteiger partial charge in [-0.05, 0) is 24.6 Å². The quantitative estimate of drug-likeness (QED) is 0.850. The number of hydrogen-bond acceptors (Lipinski definition) is 5. The highest BCUT2D eigenvalue weighted by Crippen LogP contribution is 2.16. The molecule has 0 bridgehead atoms. The molecular formula is C15H18ClN3O2. The molecule has 0 aliphatic heterocycles. The van der Waals surface area contributed by atoms with Crippen LogP contribution in [0.2, 0.25) is 5.02 Å². The van der Waals surface area contributed by atoms with E-state index in [2.05, 4.69) is 15.3 Å². The molecule has 0 aliphatic rings. The SMILES string of the molecule is CCNc1cc(OCc2ccc(Cl)cc2)nc(COC)n1. The number of ether oxygens (including phenoxy) is 2. The van der Waals surface area contributed by atoms with Gasteiger partial charge in [0.2, 0.25) is 5.88 Å². The molecule has 2 rings (SSSR count). The van der Waals surface area contributed by atoms with E-state index in [4.69, 9.17) is 21.1 Å². The molecule has 0 aliphatic carbocycles. The molecule has 5 nitrogen and oxygen atoms in total. The second-order valence-electron chi connectivity index (χ2n) is 4.39. The Labute approximate surface area is 129 Å². The van der Waals surface area contributed by atoms with Crippen LogP contribution in [0.5, 0.6) is 5.88 Å². The Morgan fingerprint density at radius 2 is 1.90 bits per heavy atom. The average molecular weight is 308 g/mol. The van der Waals surface area contributed by atoms with Crippen molar-refractivity contribution in [1.82, 2.24) is 9.97 Å². The van der Waals surface area contributed by atoms with E-state index in [1.54, 1.807) is 13.2 Å². The van der Waals surface area contributed by atoms with Gasteiger partial charge in [-0.25, -0.2) is 4.98 Å². The minimum atomic E-state index is 0.344. The van der Waals surface area contributed by atoms with E-state index >= 15 is 0 Å². The van der Waals surface area contributed by atoms with Gasteiger partial charge in [0.25, 0.3) is 0 Å². The molecule has 0 saturated carbocycles. The lowest BCUT2D eigenvalue weighted by molar-refractivity contribution is 0.176. The summed E-state index contributed by atoms with van der Waals surface area (Å²) in [5.41, 5.74) is 1.02. The lowest BCUT2D eigenvalue weighted by Gasteiger charge is -2.10. The van der Waals surface area contributed by atoms with Crippen LogP contribution in [0.15, 0.2) is 30.3 Å². The fourth-order valence-electron chi connectivity index (χ4n) is 1.75. The van der Waals surface area contributed by atoms with Gasteiger partial charge in [-0.3, -0.25) is 0 Å². The molecule has 1 aromatic carbocycles. The first-order valence-electron chi connectivity index (χ1n) is 6.69. The summed E-state index contributed by atoms with van der Waals surface area (Å²) < 4.78 is 10.8. The second-order valence-corrected chi connectivity index (χ2v) is 4.82. The Kier molecular flexibility index (Phi) is 5.78. The van der Waals surface area contributed by atoms with Crippen LogP contribution in [-0.2, 0) is 18.0 Å². The maximum absolute atomic E-state index is 5.86. The summed E-state index contributed by atoms with van der Waals surface area (Å²) in [5.74, 6) is 1.83. The van der Waals surface area contributed by atoms with Gasteiger partial charge in [0, 0.05) is 24.7 Å². The highest BCUT2D eigenvalue weighted by atomic mass is 35.5. The van der Waals surface area contributed by atoms with Crippen molar-refractivity contribution in [1.29, 1.82) is 0 Å². The number of methoxy groups -OCH3 is 1. The molecule has 112 valence electrons. The van der Waals surface area contributed by atoms with E-state index in [9.17, 15) is 0 Å². The molecule has 21 heavy (non-hydrogen) atoms. The molecule has 1 aromatic heterocycles. The number of benzene rings is 1. The average Bonchev–Trinajstić information content (AvgIpc) is 2.47. The molecule has 6 heteroatoms. The third kappa shape index (κ3) is 4.88. The molecule has 0 amide bonds. The molecule has 0 atom stereocenters. The van der Waals surface area contributed by atoms with E-state index in [-0.39, 0.29) is 0 Å². The van der Waals surface area contributed by atoms with Crippen LogP contribution in [-0.4, -0.2) is 23.6 Å². The van der Waals surface area contributed by atoms with Gasteiger partial charge in [-0.1, -0.05) is 23.7 Å². The van der Waals surface area contributed by atoms with Gasteiger partial charge in [0.05, 0.1) is 0 Å². The highest BCUT2D eigenvalue weighted by Gasteiger charge is 2.06. The number of rotatable bonds is 7. The molecule has 1 N–H and O–H groups in total. The summed E-state index contributed by atoms with van der Waals surface area (Å²) in [7, 11) is 1.61. The fourth-order valence-corrected chi connectivity index (χ4v) is 1.88. The van der Waals surface area contributed by atoms with Crippen LogP contribution in [0.25, 0.3) is 0 Å². The van der Waals surface area contributed by atoms with Crippen molar-refractivity contribution in [3.05, 3.63) is 46.7 Å². The molecule has 0 saturated heterocycles. The van der Waals surface area contributed by atoms with E-state index in [0.29, 0.717) is 29.9 Å². The van der Waals surface area contributed by atoms with Gasteiger partial charge < -0.3 is 14.8 Å². The fraction of sp³-hybridized carbons (Fsp3) is 0.333. The third-order valence-electron chi connectivity index (χ3n) is 2.68. The normalized spacial score (nSPS) is 10.4. The number of halogens is 1. The lowest BCUT2D eigenvalue weighted by atomic mass is 10.2. The highest BCUT2D eigenvalue weighted by molar-refractivity contribution is 6.30. The smallest absolute Gasteiger partial charge is 0.219 e. The van der Waals surface area contributed by atoms with Gasteiger partial charge in [-0.2, -0.15) is 4.98 Å². The van der Waals surface area contributed by atoms with E-state index in [1.165, 1.54) is 0 Å². The van der Waals surface area contributed by atoms with Crippen molar-refractivity contribution < 1.29 is 9.47 Å². The van der Waals surface area contributed by atoms with Crippen molar-refractivity contribution in [2.45, 2.75) is 20.1 Å². The zero-order valence-electron chi connectivity index (χ0n) is 12.1. The second kappa shape index (κ2) is 7.81. The zero-order valence-corrected chi connectivity index (χ0v) is 12.9. The molecule has 1 heterocycles. The van der Waals surface area contributed by atoms with Crippen LogP contribution in [0.4, 0.5) is 5.82 Å². The number of nitrogens with zero attached hydrogens (tertiary/aromatic N) is 2. The molecule has 0 radical (unpaired) electrons. The van der Waals surface area contributed by atoms with Crippen LogP contribution in [0.1, 0.15) is 18.3 Å². The number of anilines is 1. The molecular weight excluding hydrogens is 290 g/mol. The van der Waals surface area contributed by atoms with Crippen molar-refractivity contribution in [3.8, 4) is 5.88 Å². The monoisotopic (exact) mass is 307 g/mol. The molecule has 2 aromatic rings. The first kappa shape index (κ1) is 15.5. The maximum Gasteiger partial charge on any atom is 0.219 e. The Bertz CT molecular complexity index is 551. The van der Waals surface area contributed by atoms with E-state index < -0.39 is 0 Å². The van der Waals surface area contributed by atoms with Crippen LogP contribution in [0.3, 0.4) is 0 Å². The summed E-state index contributed by atoms with van der Waals surface area (Å²) >= 11 is 5.86. The predicted octanol–water partition coefficient (Wildman–Crippen LogP) is 3.29. The van der Waals surface area contributed by atoms with Crippen molar-refractivity contribution >= 4 is 17.4 Å². The van der Waals surface area contributed by atoms with Gasteiger partial charge in [0.15, 0.2) is 5.82 Å². The Hall–Kier alpha value is -1.85. The van der Waals surface area contributed by atoms with E-state index in [1.807, 2.05) is 31.2 Å². The van der Waals surface area contributed by atoms with Crippen molar-refractivity contribution in [2.75, 3.05) is 19.0 Å². The van der Waals surface area contributed by atoms with Crippen LogP contribution >= 0.6 is 11.6 Å². The van der Waals surface area contributed by atoms with Crippen molar-refractivity contribution in [2.24, 2.45) is 0 Å². The lowest BCUT2D eigenvalue weighted by Crippen LogP contribution is -2.07. The zero-order chi connectivity index (χ0) is 15.1. The molecule has 0 fully saturated rings. The summed E-state index contributed by atoms with van der Waals surface area (Å²) in [6.07, 6.45) is 0. The topological polar surface area (TPSA) is 56.3 Å². The Balaban J connectivity index is 2.08. The number of hydrogen-bond donors (Lipinski definition) is 1. The number of aromatic nitrogens is 2. The summed E-state index contributed by atoms with van der Waals surface area (Å²) in [6.45, 7) is 3.55. The van der Waals surface area contributed by atoms with Gasteiger partial charge in [0.1, 0.15) is 19.0 Å². The Morgan fingerprint density at radius 3 is 2.57 bits per heavy atom. The van der Waals surface area contributed by atoms with Gasteiger partial charge in [-0.15, -0.1) is 0 Å². The first-order valence-corrected chi connectivity index (χ1v) is 7.07. The largest absolute Gasteiger partial charge is 0.473 e. The van der Waals surface area contributed by atoms with E-state index in [0.717, 1.165) is 17.9 Å². The standard InChI is InChI=1S/C15H18ClN3O2/c1-3-17-13-8-15(19-14(18-13)10-20-2)21-9-11-4-6-12(16)7-5-11/h4-8H,3,9-10H2,1-2H3,(H,17,18,19). The minimum Gasteiger partial charge on any atom is -0.473 e. The van der Waals surface area contributed by atoms with Crippen molar-refractivity contribution in [3.63, 3.8) is 0 Å². The number of nitrogens with one attached hydrogen (secondary N) is 1. The summed E-state index contributed by atoms with van der Waals surface area (Å²) in [5, 5.41) is 3.85. The van der Waals surface area contributed by atoms with Gasteiger partial charge >= 0.3 is 0 Å². The van der Waals surface area contributed by atoms with Crippen LogP contribution in [0, 0.1) is 0 Å². The molecule has 0 spiro atoms. The summed E-state index contributed by atoms with van der Waals surface area (Å²) in [6, 6.07) is 9.29. The minimum absolute atomic E-state index is 0.344. The Morgan fingerprint density at radius 1 is 1.14 bits per heavy atom. The first-order chi connectivity index (χ1) is 10.2. The van der Waals surface area contributed by atoms with Crippen LogP contribution < -0.4 is 10.1 Å². The predicted molar refractivity (Wildman–Crippen MR) is 82.7 cm³/mol. The third-order valence-corrected chi connectivity index (χ3v) is 2.93. The molecule has 0 unspecified atom stereocenters. The maximum atomic E-state index is 5.86. The summed E-state index contributed by atoms with van der Waals surface area (Å²) in [4.78, 5) is 8.65.